The minimum atomic E-state index is -0.129. The number of aryl methyl sites for hydroxylation is 1. The van der Waals surface area contributed by atoms with Crippen LogP contribution in [-0.2, 0) is 0 Å². The number of nitrogens with zero attached hydrogens (tertiary/aromatic N) is 3. The Morgan fingerprint density at radius 1 is 1.15 bits per heavy atom. The fourth-order valence-electron chi connectivity index (χ4n) is 2.96. The van der Waals surface area contributed by atoms with Crippen LogP contribution in [0.5, 0.6) is 0 Å². The van der Waals surface area contributed by atoms with E-state index >= 15 is 0 Å². The molecule has 2 N–H and O–H groups in total. The molecule has 0 saturated carbocycles. The molecule has 7 heteroatoms. The molecule has 3 aromatic heterocycles. The summed E-state index contributed by atoms with van der Waals surface area (Å²) in [5, 5.41) is 12.6. The van der Waals surface area contributed by atoms with Crippen LogP contribution in [0.3, 0.4) is 0 Å². The monoisotopic (exact) mass is 363 g/mol. The van der Waals surface area contributed by atoms with Crippen LogP contribution in [0.4, 0.5) is 5.69 Å². The largest absolute Gasteiger partial charge is 0.322 e. The molecule has 0 spiro atoms. The second kappa shape index (κ2) is 6.61. The fourth-order valence-corrected chi connectivity index (χ4v) is 3.71. The molecule has 0 atom stereocenters. The highest BCUT2D eigenvalue weighted by Gasteiger charge is 2.18. The van der Waals surface area contributed by atoms with E-state index in [9.17, 15) is 4.79 Å². The standard InChI is InChI=1S/C19H17N5OS/c1-12-11-16(13(2)24(12)19-20-9-10-26-19)18(25)22-15-5-3-14(4-6-15)17-7-8-21-23-17/h3-11H,1-2H3,(H,21,23)(H,22,25). The van der Waals surface area contributed by atoms with Gasteiger partial charge in [-0.25, -0.2) is 4.98 Å². The maximum absolute atomic E-state index is 12.7. The highest BCUT2D eigenvalue weighted by Crippen LogP contribution is 2.24. The van der Waals surface area contributed by atoms with Crippen molar-refractivity contribution in [1.82, 2.24) is 19.7 Å². The van der Waals surface area contributed by atoms with Gasteiger partial charge in [-0.3, -0.25) is 14.5 Å². The van der Waals surface area contributed by atoms with E-state index in [0.717, 1.165) is 33.5 Å². The van der Waals surface area contributed by atoms with Gasteiger partial charge >= 0.3 is 0 Å². The first-order valence-corrected chi connectivity index (χ1v) is 9.01. The molecule has 0 aliphatic rings. The highest BCUT2D eigenvalue weighted by molar-refractivity contribution is 7.12. The number of anilines is 1. The van der Waals surface area contributed by atoms with Gasteiger partial charge in [-0.1, -0.05) is 12.1 Å². The summed E-state index contributed by atoms with van der Waals surface area (Å²) in [7, 11) is 0. The lowest BCUT2D eigenvalue weighted by atomic mass is 10.1. The molecule has 4 rings (SSSR count). The summed E-state index contributed by atoms with van der Waals surface area (Å²) in [5.74, 6) is -0.129. The van der Waals surface area contributed by atoms with Gasteiger partial charge < -0.3 is 5.32 Å². The molecule has 0 unspecified atom stereocenters. The van der Waals surface area contributed by atoms with E-state index in [1.165, 1.54) is 0 Å². The Morgan fingerprint density at radius 3 is 2.62 bits per heavy atom. The van der Waals surface area contributed by atoms with Gasteiger partial charge in [0.25, 0.3) is 5.91 Å². The summed E-state index contributed by atoms with van der Waals surface area (Å²) >= 11 is 1.55. The van der Waals surface area contributed by atoms with Crippen LogP contribution < -0.4 is 5.32 Å². The number of nitrogens with one attached hydrogen (secondary N) is 2. The van der Waals surface area contributed by atoms with E-state index in [1.807, 2.05) is 60.2 Å². The molecular weight excluding hydrogens is 346 g/mol. The van der Waals surface area contributed by atoms with Crippen LogP contribution in [0.15, 0.2) is 54.2 Å². The maximum Gasteiger partial charge on any atom is 0.257 e. The first-order valence-electron chi connectivity index (χ1n) is 8.13. The van der Waals surface area contributed by atoms with E-state index in [4.69, 9.17) is 0 Å². The third kappa shape index (κ3) is 2.93. The molecule has 1 amide bonds. The predicted octanol–water partition coefficient (Wildman–Crippen LogP) is 4.19. The average Bonchev–Trinajstić information content (AvgIpc) is 3.37. The number of aromatic amines is 1. The molecule has 0 bridgehead atoms. The van der Waals surface area contributed by atoms with Crippen molar-refractivity contribution < 1.29 is 4.79 Å². The molecule has 0 radical (unpaired) electrons. The molecule has 4 aromatic rings. The van der Waals surface area contributed by atoms with E-state index < -0.39 is 0 Å². The van der Waals surface area contributed by atoms with E-state index in [0.29, 0.717) is 5.56 Å². The summed E-state index contributed by atoms with van der Waals surface area (Å²) in [4.78, 5) is 17.1. The van der Waals surface area contributed by atoms with Gasteiger partial charge in [0.2, 0.25) is 0 Å². The normalized spacial score (nSPS) is 10.8. The van der Waals surface area contributed by atoms with Crippen molar-refractivity contribution in [1.29, 1.82) is 0 Å². The Morgan fingerprint density at radius 2 is 1.96 bits per heavy atom. The summed E-state index contributed by atoms with van der Waals surface area (Å²) in [6.45, 7) is 3.91. The number of benzene rings is 1. The Kier molecular flexibility index (Phi) is 4.14. The number of H-pyrrole nitrogens is 1. The first-order chi connectivity index (χ1) is 12.6. The van der Waals surface area contributed by atoms with Crippen molar-refractivity contribution in [2.24, 2.45) is 0 Å². The number of rotatable bonds is 4. The van der Waals surface area contributed by atoms with Gasteiger partial charge in [0.1, 0.15) is 0 Å². The van der Waals surface area contributed by atoms with E-state index in [-0.39, 0.29) is 5.91 Å². The molecule has 3 heterocycles. The van der Waals surface area contributed by atoms with Crippen molar-refractivity contribution in [2.75, 3.05) is 5.32 Å². The molecule has 130 valence electrons. The molecule has 0 fully saturated rings. The third-order valence-electron chi connectivity index (χ3n) is 4.24. The van der Waals surface area contributed by atoms with Crippen LogP contribution in [-0.4, -0.2) is 25.7 Å². The second-order valence-corrected chi connectivity index (χ2v) is 6.81. The maximum atomic E-state index is 12.7. The molecule has 6 nitrogen and oxygen atoms in total. The van der Waals surface area contributed by atoms with Gasteiger partial charge in [-0.05, 0) is 43.7 Å². The Balaban J connectivity index is 1.56. The number of carbonyl (C=O) groups excluding carboxylic acids is 1. The Labute approximate surface area is 154 Å². The van der Waals surface area contributed by atoms with Crippen LogP contribution in [0.1, 0.15) is 21.7 Å². The topological polar surface area (TPSA) is 75.6 Å². The average molecular weight is 363 g/mol. The molecule has 1 aromatic carbocycles. The third-order valence-corrected chi connectivity index (χ3v) is 5.00. The van der Waals surface area contributed by atoms with Crippen LogP contribution in [0, 0.1) is 13.8 Å². The van der Waals surface area contributed by atoms with Gasteiger partial charge in [-0.15, -0.1) is 11.3 Å². The van der Waals surface area contributed by atoms with Gasteiger partial charge in [0, 0.05) is 34.8 Å². The lowest BCUT2D eigenvalue weighted by molar-refractivity contribution is 0.102. The van der Waals surface area contributed by atoms with Crippen molar-refractivity contribution in [3.63, 3.8) is 0 Å². The number of aromatic nitrogens is 4. The predicted molar refractivity (Wildman–Crippen MR) is 103 cm³/mol. The number of carbonyl (C=O) groups is 1. The van der Waals surface area contributed by atoms with E-state index in [2.05, 4.69) is 20.5 Å². The summed E-state index contributed by atoms with van der Waals surface area (Å²) < 4.78 is 2.00. The zero-order valence-corrected chi connectivity index (χ0v) is 15.2. The van der Waals surface area contributed by atoms with Crippen LogP contribution in [0.25, 0.3) is 16.4 Å². The van der Waals surface area contributed by atoms with Crippen LogP contribution in [0.2, 0.25) is 0 Å². The van der Waals surface area contributed by atoms with Crippen molar-refractivity contribution in [3.05, 3.63) is 71.1 Å². The van der Waals surface area contributed by atoms with Gasteiger partial charge in [-0.2, -0.15) is 5.10 Å². The minimum absolute atomic E-state index is 0.129. The number of amides is 1. The van der Waals surface area contributed by atoms with Crippen LogP contribution >= 0.6 is 11.3 Å². The summed E-state index contributed by atoms with van der Waals surface area (Å²) in [6.07, 6.45) is 3.48. The number of hydrogen-bond acceptors (Lipinski definition) is 4. The first kappa shape index (κ1) is 16.3. The number of thiazole rings is 1. The molecule has 0 aliphatic carbocycles. The Hall–Kier alpha value is -3.19. The molecular formula is C19H17N5OS. The Bertz CT molecular complexity index is 1030. The van der Waals surface area contributed by atoms with Gasteiger partial charge in [0.15, 0.2) is 5.13 Å². The quantitative estimate of drug-likeness (QED) is 0.571. The molecule has 0 aliphatic heterocycles. The molecule has 0 saturated heterocycles. The lowest BCUT2D eigenvalue weighted by Gasteiger charge is -2.07. The van der Waals surface area contributed by atoms with Crippen molar-refractivity contribution >= 4 is 22.9 Å². The number of hydrogen-bond donors (Lipinski definition) is 2. The zero-order valence-electron chi connectivity index (χ0n) is 14.4. The van der Waals surface area contributed by atoms with E-state index in [1.54, 1.807) is 23.7 Å². The smallest absolute Gasteiger partial charge is 0.257 e. The van der Waals surface area contributed by atoms with Gasteiger partial charge in [0.05, 0.1) is 11.3 Å². The highest BCUT2D eigenvalue weighted by atomic mass is 32.1. The summed E-state index contributed by atoms with van der Waals surface area (Å²) in [5.41, 5.74) is 5.21. The van der Waals surface area contributed by atoms with Crippen molar-refractivity contribution in [2.45, 2.75) is 13.8 Å². The zero-order chi connectivity index (χ0) is 18.1. The fraction of sp³-hybridized carbons (Fsp3) is 0.105. The summed E-state index contributed by atoms with van der Waals surface area (Å²) in [6, 6.07) is 11.5. The minimum Gasteiger partial charge on any atom is -0.322 e. The SMILES string of the molecule is Cc1cc(C(=O)Nc2ccc(-c3ccn[nH]3)cc2)c(C)n1-c1nccs1. The molecule has 26 heavy (non-hydrogen) atoms. The van der Waals surface area contributed by atoms with Crippen molar-refractivity contribution in [3.8, 4) is 16.4 Å². The second-order valence-electron chi connectivity index (χ2n) is 5.94. The lowest BCUT2D eigenvalue weighted by Crippen LogP contribution is -2.13.